The fourth-order valence-corrected chi connectivity index (χ4v) is 5.27. The Morgan fingerprint density at radius 3 is 2.35 bits per heavy atom. The van der Waals surface area contributed by atoms with E-state index in [4.69, 9.17) is 4.74 Å². The average Bonchev–Trinajstić information content (AvgIpc) is 3.63. The molecular weight excluding hydrogens is 486 g/mol. The lowest BCUT2D eigenvalue weighted by atomic mass is 9.87. The van der Waals surface area contributed by atoms with Crippen LogP contribution < -0.4 is 14.8 Å². The number of benzene rings is 3. The zero-order valence-electron chi connectivity index (χ0n) is 21.2. The van der Waals surface area contributed by atoms with Gasteiger partial charge in [0.2, 0.25) is 5.88 Å². The van der Waals surface area contributed by atoms with Crippen molar-refractivity contribution in [2.75, 3.05) is 11.3 Å². The molecule has 1 aliphatic rings. The molecule has 1 aliphatic carbocycles. The van der Waals surface area contributed by atoms with E-state index in [2.05, 4.69) is 35.8 Å². The number of fused-ring (bicyclic) bond motifs is 1. The normalized spacial score (nSPS) is 13.9. The van der Waals surface area contributed by atoms with Gasteiger partial charge in [-0.05, 0) is 65.6 Å². The van der Waals surface area contributed by atoms with Gasteiger partial charge in [-0.1, -0.05) is 63.2 Å². The van der Waals surface area contributed by atoms with Crippen molar-refractivity contribution in [3.05, 3.63) is 78.4 Å². The van der Waals surface area contributed by atoms with Crippen molar-refractivity contribution in [1.82, 2.24) is 10.3 Å². The number of nitrogens with one attached hydrogen (secondary N) is 3. The average molecular weight is 518 g/mol. The molecule has 7 nitrogen and oxygen atoms in total. The van der Waals surface area contributed by atoms with Crippen LogP contribution in [0.15, 0.2) is 77.7 Å². The summed E-state index contributed by atoms with van der Waals surface area (Å²) in [5.41, 5.74) is 3.65. The van der Waals surface area contributed by atoms with Crippen molar-refractivity contribution in [2.24, 2.45) is 5.92 Å². The highest BCUT2D eigenvalue weighted by Gasteiger charge is 2.24. The van der Waals surface area contributed by atoms with Gasteiger partial charge in [0.1, 0.15) is 0 Å². The molecule has 1 fully saturated rings. The SMILES string of the molecule is CC(C)(C)c1ccc(S(=O)(=O)Nc2ccc3[nH]c(OC(=O)NCC4CC4)c(-c4ccccc4)c3c2)cc1. The molecule has 8 heteroatoms. The summed E-state index contributed by atoms with van der Waals surface area (Å²) in [4.78, 5) is 15.8. The van der Waals surface area contributed by atoms with E-state index in [-0.39, 0.29) is 10.3 Å². The molecule has 0 saturated heterocycles. The lowest BCUT2D eigenvalue weighted by Crippen LogP contribution is -2.28. The van der Waals surface area contributed by atoms with Crippen LogP contribution in [-0.4, -0.2) is 26.0 Å². The van der Waals surface area contributed by atoms with Crippen molar-refractivity contribution in [1.29, 1.82) is 0 Å². The van der Waals surface area contributed by atoms with Crippen molar-refractivity contribution < 1.29 is 17.9 Å². The number of hydrogen-bond donors (Lipinski definition) is 3. The highest BCUT2D eigenvalue weighted by atomic mass is 32.2. The Kier molecular flexibility index (Phi) is 6.45. The van der Waals surface area contributed by atoms with E-state index in [0.717, 1.165) is 34.9 Å². The van der Waals surface area contributed by atoms with Gasteiger partial charge in [0.15, 0.2) is 0 Å². The Balaban J connectivity index is 1.47. The minimum absolute atomic E-state index is 0.0720. The first-order valence-electron chi connectivity index (χ1n) is 12.4. The van der Waals surface area contributed by atoms with Crippen LogP contribution in [0.1, 0.15) is 39.2 Å². The van der Waals surface area contributed by atoms with Gasteiger partial charge < -0.3 is 15.0 Å². The molecule has 192 valence electrons. The number of H-pyrrole nitrogens is 1. The first-order valence-corrected chi connectivity index (χ1v) is 13.9. The van der Waals surface area contributed by atoms with Crippen LogP contribution in [0.25, 0.3) is 22.0 Å². The monoisotopic (exact) mass is 517 g/mol. The Morgan fingerprint density at radius 2 is 1.70 bits per heavy atom. The van der Waals surface area contributed by atoms with Crippen LogP contribution in [0.5, 0.6) is 5.88 Å². The molecule has 5 rings (SSSR count). The molecule has 0 radical (unpaired) electrons. The highest BCUT2D eigenvalue weighted by Crippen LogP contribution is 2.39. The van der Waals surface area contributed by atoms with E-state index in [1.54, 1.807) is 30.3 Å². The number of aromatic nitrogens is 1. The van der Waals surface area contributed by atoms with Crippen LogP contribution in [0.3, 0.4) is 0 Å². The molecule has 37 heavy (non-hydrogen) atoms. The van der Waals surface area contributed by atoms with Crippen molar-refractivity contribution in [3.63, 3.8) is 0 Å². The first kappa shape index (κ1) is 24.9. The van der Waals surface area contributed by atoms with Crippen molar-refractivity contribution in [3.8, 4) is 17.0 Å². The van der Waals surface area contributed by atoms with Gasteiger partial charge in [-0.25, -0.2) is 13.2 Å². The molecule has 4 aromatic rings. The van der Waals surface area contributed by atoms with E-state index in [1.807, 2.05) is 42.5 Å². The van der Waals surface area contributed by atoms with E-state index < -0.39 is 16.1 Å². The predicted molar refractivity (Wildman–Crippen MR) is 146 cm³/mol. The molecule has 0 aliphatic heterocycles. The Bertz CT molecular complexity index is 1530. The Hall–Kier alpha value is -3.78. The third kappa shape index (κ3) is 5.64. The largest absolute Gasteiger partial charge is 0.413 e. The van der Waals surface area contributed by atoms with Gasteiger partial charge in [0, 0.05) is 23.1 Å². The Labute approximate surface area is 217 Å². The fraction of sp³-hybridized carbons (Fsp3) is 0.276. The number of carbonyl (C=O) groups is 1. The number of ether oxygens (including phenoxy) is 1. The number of hydrogen-bond acceptors (Lipinski definition) is 4. The zero-order chi connectivity index (χ0) is 26.2. The summed E-state index contributed by atoms with van der Waals surface area (Å²) in [6.07, 6.45) is 1.73. The minimum atomic E-state index is -3.80. The number of amides is 1. The molecule has 0 atom stereocenters. The van der Waals surface area contributed by atoms with Gasteiger partial charge in [0.05, 0.1) is 10.5 Å². The molecule has 1 aromatic heterocycles. The maximum absolute atomic E-state index is 13.1. The quantitative estimate of drug-likeness (QED) is 0.263. The lowest BCUT2D eigenvalue weighted by molar-refractivity contribution is 0.198. The van der Waals surface area contributed by atoms with Crippen molar-refractivity contribution in [2.45, 2.75) is 43.9 Å². The van der Waals surface area contributed by atoms with Crippen LogP contribution in [-0.2, 0) is 15.4 Å². The lowest BCUT2D eigenvalue weighted by Gasteiger charge is -2.19. The minimum Gasteiger partial charge on any atom is -0.393 e. The maximum atomic E-state index is 13.1. The topological polar surface area (TPSA) is 100 Å². The summed E-state index contributed by atoms with van der Waals surface area (Å²) in [6.45, 7) is 6.85. The second-order valence-electron chi connectivity index (χ2n) is 10.5. The molecule has 0 bridgehead atoms. The number of anilines is 1. The third-order valence-corrected chi connectivity index (χ3v) is 7.93. The molecule has 1 saturated carbocycles. The number of rotatable bonds is 7. The van der Waals surface area contributed by atoms with Gasteiger partial charge >= 0.3 is 6.09 Å². The predicted octanol–water partition coefficient (Wildman–Crippen LogP) is 6.43. The molecule has 0 unspecified atom stereocenters. The molecular formula is C29H31N3O4S. The summed E-state index contributed by atoms with van der Waals surface area (Å²) in [5.74, 6) is 0.844. The van der Waals surface area contributed by atoms with Gasteiger partial charge in [-0.3, -0.25) is 4.72 Å². The van der Waals surface area contributed by atoms with E-state index >= 15 is 0 Å². The third-order valence-electron chi connectivity index (χ3n) is 6.54. The molecule has 1 amide bonds. The summed E-state index contributed by atoms with van der Waals surface area (Å²) in [7, 11) is -3.80. The van der Waals surface area contributed by atoms with Crippen LogP contribution in [0, 0.1) is 5.92 Å². The number of sulfonamides is 1. The van der Waals surface area contributed by atoms with Gasteiger partial charge in [-0.2, -0.15) is 0 Å². The van der Waals surface area contributed by atoms with Crippen LogP contribution >= 0.6 is 0 Å². The molecule has 3 aromatic carbocycles. The molecule has 3 N–H and O–H groups in total. The highest BCUT2D eigenvalue weighted by molar-refractivity contribution is 7.92. The maximum Gasteiger partial charge on any atom is 0.413 e. The Morgan fingerprint density at radius 1 is 1.00 bits per heavy atom. The standard InChI is InChI=1S/C29H31N3O4S/c1-29(2,3)21-11-14-23(15-12-21)37(34,35)32-22-13-16-25-24(17-22)26(20-7-5-4-6-8-20)27(31-25)36-28(33)30-18-19-9-10-19/h4-8,11-17,19,31-32H,9-10,18H2,1-3H3,(H,30,33). The molecule has 1 heterocycles. The summed E-state index contributed by atoms with van der Waals surface area (Å²) in [5, 5.41) is 3.55. The second-order valence-corrected chi connectivity index (χ2v) is 12.2. The van der Waals surface area contributed by atoms with Gasteiger partial charge in [0.25, 0.3) is 10.0 Å². The van der Waals surface area contributed by atoms with E-state index in [9.17, 15) is 13.2 Å². The fourth-order valence-electron chi connectivity index (χ4n) is 4.23. The zero-order valence-corrected chi connectivity index (χ0v) is 22.0. The summed E-state index contributed by atoms with van der Waals surface area (Å²) < 4.78 is 34.6. The summed E-state index contributed by atoms with van der Waals surface area (Å²) >= 11 is 0. The smallest absolute Gasteiger partial charge is 0.393 e. The molecule has 0 spiro atoms. The van der Waals surface area contributed by atoms with E-state index in [1.165, 1.54) is 0 Å². The first-order chi connectivity index (χ1) is 17.6. The van der Waals surface area contributed by atoms with Crippen LogP contribution in [0.4, 0.5) is 10.5 Å². The second kappa shape index (κ2) is 9.59. The number of aromatic amines is 1. The van der Waals surface area contributed by atoms with Crippen LogP contribution in [0.2, 0.25) is 0 Å². The van der Waals surface area contributed by atoms with Gasteiger partial charge in [-0.15, -0.1) is 0 Å². The van der Waals surface area contributed by atoms with E-state index in [0.29, 0.717) is 29.6 Å². The van der Waals surface area contributed by atoms with Crippen molar-refractivity contribution >= 4 is 32.7 Å². The number of carbonyl (C=O) groups excluding carboxylic acids is 1. The summed E-state index contributed by atoms with van der Waals surface area (Å²) in [6, 6.07) is 21.7.